The smallest absolute Gasteiger partial charge is 0.328 e. The first-order valence-corrected chi connectivity index (χ1v) is 7.27. The maximum absolute atomic E-state index is 12.3. The lowest BCUT2D eigenvalue weighted by Gasteiger charge is -2.37. The summed E-state index contributed by atoms with van der Waals surface area (Å²) in [7, 11) is 1.67. The number of aliphatic carboxylic acids is 1. The van der Waals surface area contributed by atoms with Crippen LogP contribution in [0.15, 0.2) is 0 Å². The third-order valence-corrected chi connectivity index (χ3v) is 4.61. The summed E-state index contributed by atoms with van der Waals surface area (Å²) < 4.78 is 0. The van der Waals surface area contributed by atoms with Gasteiger partial charge >= 0.3 is 12.0 Å². The van der Waals surface area contributed by atoms with Crippen molar-refractivity contribution in [3.63, 3.8) is 0 Å². The van der Waals surface area contributed by atoms with E-state index in [4.69, 9.17) is 5.11 Å². The molecule has 0 bridgehead atoms. The van der Waals surface area contributed by atoms with Gasteiger partial charge in [-0.2, -0.15) is 11.8 Å². The number of nitrogens with zero attached hydrogens (tertiary/aromatic N) is 2. The van der Waals surface area contributed by atoms with Gasteiger partial charge < -0.3 is 15.3 Å². The number of hydrogen-bond acceptors (Lipinski definition) is 4. The second kappa shape index (κ2) is 5.68. The summed E-state index contributed by atoms with van der Waals surface area (Å²) in [5.41, 5.74) is 0. The van der Waals surface area contributed by atoms with Gasteiger partial charge in [0.2, 0.25) is 5.91 Å². The average molecular weight is 287 g/mol. The number of carbonyl (C=O) groups is 3. The quantitative estimate of drug-likeness (QED) is 0.710. The fourth-order valence-electron chi connectivity index (χ4n) is 2.25. The molecule has 3 amide bonds. The molecule has 0 aromatic carbocycles. The first kappa shape index (κ1) is 14.0. The third-order valence-electron chi connectivity index (χ3n) is 3.47. The Morgan fingerprint density at radius 1 is 1.53 bits per heavy atom. The van der Waals surface area contributed by atoms with Crippen molar-refractivity contribution in [3.05, 3.63) is 0 Å². The number of carboxylic acids is 1. The number of carboxylic acid groups (broad SMARTS) is 1. The number of piperazine rings is 1. The van der Waals surface area contributed by atoms with Crippen molar-refractivity contribution < 1.29 is 19.5 Å². The van der Waals surface area contributed by atoms with E-state index in [-0.39, 0.29) is 31.1 Å². The highest BCUT2D eigenvalue weighted by atomic mass is 32.2. The normalized spacial score (nSPS) is 27.0. The second-order valence-electron chi connectivity index (χ2n) is 4.70. The summed E-state index contributed by atoms with van der Waals surface area (Å²) in [4.78, 5) is 37.6. The van der Waals surface area contributed by atoms with Crippen LogP contribution in [0.25, 0.3) is 0 Å². The molecule has 0 spiro atoms. The van der Waals surface area contributed by atoms with Gasteiger partial charge in [0.25, 0.3) is 0 Å². The Kier molecular flexibility index (Phi) is 4.18. The van der Waals surface area contributed by atoms with Crippen molar-refractivity contribution >= 4 is 29.7 Å². The Labute approximate surface area is 115 Å². The van der Waals surface area contributed by atoms with E-state index >= 15 is 0 Å². The lowest BCUT2D eigenvalue weighted by molar-refractivity contribution is -0.144. The summed E-state index contributed by atoms with van der Waals surface area (Å²) in [5, 5.41) is 11.6. The van der Waals surface area contributed by atoms with Crippen LogP contribution in [0.3, 0.4) is 0 Å². The molecule has 2 heterocycles. The van der Waals surface area contributed by atoms with Crippen LogP contribution in [-0.4, -0.2) is 76.5 Å². The van der Waals surface area contributed by atoms with Gasteiger partial charge in [-0.15, -0.1) is 0 Å². The Balaban J connectivity index is 2.09. The fourth-order valence-corrected chi connectivity index (χ4v) is 3.52. The molecule has 2 aliphatic heterocycles. The molecule has 19 heavy (non-hydrogen) atoms. The largest absolute Gasteiger partial charge is 0.480 e. The van der Waals surface area contributed by atoms with Gasteiger partial charge in [0.1, 0.15) is 12.6 Å². The lowest BCUT2D eigenvalue weighted by Crippen LogP contribution is -2.62. The summed E-state index contributed by atoms with van der Waals surface area (Å²) in [6.07, 6.45) is 0.907. The van der Waals surface area contributed by atoms with E-state index in [2.05, 4.69) is 5.32 Å². The van der Waals surface area contributed by atoms with Crippen LogP contribution >= 0.6 is 11.8 Å². The van der Waals surface area contributed by atoms with Gasteiger partial charge in [-0.3, -0.25) is 9.69 Å². The maximum Gasteiger partial charge on any atom is 0.328 e. The molecular formula is C11H17N3O4S. The first-order chi connectivity index (χ1) is 9.00. The molecule has 0 aliphatic carbocycles. The molecule has 106 valence electrons. The molecule has 0 aromatic heterocycles. The Morgan fingerprint density at radius 2 is 2.26 bits per heavy atom. The van der Waals surface area contributed by atoms with Crippen LogP contribution < -0.4 is 5.32 Å². The number of carbonyl (C=O) groups excluding carboxylic acids is 2. The predicted molar refractivity (Wildman–Crippen MR) is 70.0 cm³/mol. The highest BCUT2D eigenvalue weighted by Crippen LogP contribution is 2.22. The van der Waals surface area contributed by atoms with Crippen LogP contribution in [-0.2, 0) is 9.59 Å². The van der Waals surface area contributed by atoms with E-state index in [1.807, 2.05) is 0 Å². The molecule has 2 saturated heterocycles. The minimum absolute atomic E-state index is 0.0346. The predicted octanol–water partition coefficient (Wildman–Crippen LogP) is -0.571. The molecule has 2 unspecified atom stereocenters. The van der Waals surface area contributed by atoms with E-state index < -0.39 is 12.0 Å². The van der Waals surface area contributed by atoms with Crippen molar-refractivity contribution in [2.45, 2.75) is 18.5 Å². The second-order valence-corrected chi connectivity index (χ2v) is 5.85. The van der Waals surface area contributed by atoms with Crippen LogP contribution in [0.2, 0.25) is 0 Å². The van der Waals surface area contributed by atoms with E-state index in [0.717, 1.165) is 22.8 Å². The van der Waals surface area contributed by atoms with Crippen molar-refractivity contribution in [3.8, 4) is 0 Å². The number of hydrogen-bond donors (Lipinski definition) is 2. The van der Waals surface area contributed by atoms with Crippen molar-refractivity contribution in [1.29, 1.82) is 0 Å². The van der Waals surface area contributed by atoms with E-state index in [1.54, 1.807) is 23.7 Å². The summed E-state index contributed by atoms with van der Waals surface area (Å²) >= 11 is 1.77. The van der Waals surface area contributed by atoms with Gasteiger partial charge in [0.05, 0.1) is 0 Å². The van der Waals surface area contributed by atoms with Crippen molar-refractivity contribution in [1.82, 2.24) is 15.1 Å². The summed E-state index contributed by atoms with van der Waals surface area (Å²) in [5.74, 6) is 0.452. The Morgan fingerprint density at radius 3 is 2.84 bits per heavy atom. The third kappa shape index (κ3) is 2.94. The SMILES string of the molecule is CN(C(=O)N1CC(=O)NCC1C(=O)O)C1CCSC1. The fraction of sp³-hybridized carbons (Fsp3) is 0.727. The van der Waals surface area contributed by atoms with Crippen LogP contribution in [0.4, 0.5) is 4.79 Å². The molecule has 0 aromatic rings. The lowest BCUT2D eigenvalue weighted by atomic mass is 10.2. The van der Waals surface area contributed by atoms with Crippen LogP contribution in [0, 0.1) is 0 Å². The minimum Gasteiger partial charge on any atom is -0.480 e. The summed E-state index contributed by atoms with van der Waals surface area (Å²) in [6, 6.07) is -1.24. The highest BCUT2D eigenvalue weighted by molar-refractivity contribution is 7.99. The van der Waals surface area contributed by atoms with Gasteiger partial charge in [0.15, 0.2) is 0 Å². The van der Waals surface area contributed by atoms with E-state index in [0.29, 0.717) is 0 Å². The van der Waals surface area contributed by atoms with Gasteiger partial charge in [-0.05, 0) is 12.2 Å². The number of thioether (sulfide) groups is 1. The van der Waals surface area contributed by atoms with Crippen molar-refractivity contribution in [2.75, 3.05) is 31.6 Å². The minimum atomic E-state index is -1.09. The molecule has 0 radical (unpaired) electrons. The zero-order valence-electron chi connectivity index (χ0n) is 10.7. The van der Waals surface area contributed by atoms with E-state index in [9.17, 15) is 14.4 Å². The maximum atomic E-state index is 12.3. The highest BCUT2D eigenvalue weighted by Gasteiger charge is 2.38. The monoisotopic (exact) mass is 287 g/mol. The zero-order valence-corrected chi connectivity index (χ0v) is 11.5. The van der Waals surface area contributed by atoms with E-state index in [1.165, 1.54) is 0 Å². The molecule has 7 nitrogen and oxygen atoms in total. The number of amides is 3. The molecule has 2 aliphatic rings. The standard InChI is InChI=1S/C11H17N3O4S/c1-13(7-2-3-19-6-7)11(18)14-5-9(15)12-4-8(14)10(16)17/h7-8H,2-6H2,1H3,(H,12,15)(H,16,17). The Hall–Kier alpha value is -1.44. The summed E-state index contributed by atoms with van der Waals surface area (Å²) in [6.45, 7) is -0.229. The molecule has 2 N–H and O–H groups in total. The molecule has 2 rings (SSSR count). The Bertz CT molecular complexity index is 397. The molecule has 0 saturated carbocycles. The average Bonchev–Trinajstić information content (AvgIpc) is 2.90. The molecular weight excluding hydrogens is 270 g/mol. The van der Waals surface area contributed by atoms with Crippen molar-refractivity contribution in [2.24, 2.45) is 0 Å². The van der Waals surface area contributed by atoms with Crippen LogP contribution in [0.5, 0.6) is 0 Å². The zero-order chi connectivity index (χ0) is 14.0. The number of rotatable bonds is 2. The first-order valence-electron chi connectivity index (χ1n) is 6.11. The number of nitrogens with one attached hydrogen (secondary N) is 1. The topological polar surface area (TPSA) is 90.0 Å². The molecule has 2 atom stereocenters. The molecule has 8 heteroatoms. The number of urea groups is 1. The van der Waals surface area contributed by atoms with Gasteiger partial charge in [0, 0.05) is 25.4 Å². The van der Waals surface area contributed by atoms with Gasteiger partial charge in [-0.1, -0.05) is 0 Å². The molecule has 2 fully saturated rings. The van der Waals surface area contributed by atoms with Crippen LogP contribution in [0.1, 0.15) is 6.42 Å². The van der Waals surface area contributed by atoms with Gasteiger partial charge in [-0.25, -0.2) is 9.59 Å².